The predicted molar refractivity (Wildman–Crippen MR) is 82.1 cm³/mol. The van der Waals surface area contributed by atoms with Crippen LogP contribution >= 0.6 is 0 Å². The van der Waals surface area contributed by atoms with Crippen LogP contribution in [0, 0.1) is 5.92 Å². The molecule has 4 heteroatoms. The zero-order valence-corrected chi connectivity index (χ0v) is 12.8. The topological polar surface area (TPSA) is 39.7 Å². The zero-order valence-electron chi connectivity index (χ0n) is 12.8. The Kier molecular flexibility index (Phi) is 4.99. The summed E-state index contributed by atoms with van der Waals surface area (Å²) in [5, 5.41) is 3.42. The minimum atomic E-state index is 0.160. The number of hydrogen-bond donors (Lipinski definition) is 1. The van der Waals surface area contributed by atoms with Crippen molar-refractivity contribution in [2.45, 2.75) is 31.8 Å². The molecule has 0 aromatic heterocycles. The number of ether oxygens (including phenoxy) is 3. The SMILES string of the molecule is COc1ccc(CC2CCNCC2)cc1OC1CCOC1. The molecule has 2 fully saturated rings. The van der Waals surface area contributed by atoms with E-state index >= 15 is 0 Å². The summed E-state index contributed by atoms with van der Waals surface area (Å²) in [7, 11) is 1.69. The van der Waals surface area contributed by atoms with Crippen LogP contribution in [0.4, 0.5) is 0 Å². The lowest BCUT2D eigenvalue weighted by Gasteiger charge is -2.23. The Hall–Kier alpha value is -1.26. The fraction of sp³-hybridized carbons (Fsp3) is 0.647. The summed E-state index contributed by atoms with van der Waals surface area (Å²) in [6, 6.07) is 6.35. The molecule has 2 aliphatic rings. The number of nitrogens with one attached hydrogen (secondary N) is 1. The molecular weight excluding hydrogens is 266 g/mol. The molecule has 0 bridgehead atoms. The lowest BCUT2D eigenvalue weighted by molar-refractivity contribution is 0.138. The van der Waals surface area contributed by atoms with Gasteiger partial charge in [-0.3, -0.25) is 0 Å². The summed E-state index contributed by atoms with van der Waals surface area (Å²) >= 11 is 0. The fourth-order valence-corrected chi connectivity index (χ4v) is 3.14. The van der Waals surface area contributed by atoms with Gasteiger partial charge in [-0.05, 0) is 56.0 Å². The van der Waals surface area contributed by atoms with Crippen LogP contribution in [0.2, 0.25) is 0 Å². The van der Waals surface area contributed by atoms with Gasteiger partial charge in [0.1, 0.15) is 6.10 Å². The van der Waals surface area contributed by atoms with Gasteiger partial charge in [-0.25, -0.2) is 0 Å². The minimum absolute atomic E-state index is 0.160. The van der Waals surface area contributed by atoms with Crippen molar-refractivity contribution in [3.05, 3.63) is 23.8 Å². The smallest absolute Gasteiger partial charge is 0.161 e. The van der Waals surface area contributed by atoms with Crippen molar-refractivity contribution < 1.29 is 14.2 Å². The summed E-state index contributed by atoms with van der Waals surface area (Å²) in [6.45, 7) is 3.76. The maximum atomic E-state index is 6.06. The second-order valence-electron chi connectivity index (χ2n) is 5.99. The molecular formula is C17H25NO3. The van der Waals surface area contributed by atoms with E-state index in [1.807, 2.05) is 6.07 Å². The highest BCUT2D eigenvalue weighted by Crippen LogP contribution is 2.31. The quantitative estimate of drug-likeness (QED) is 0.904. The standard InChI is InChI=1S/C17H25NO3/c1-19-16-3-2-14(10-13-4-7-18-8-5-13)11-17(16)21-15-6-9-20-12-15/h2-3,11,13,15,18H,4-10,12H2,1H3. The Balaban J connectivity index is 1.69. The average molecular weight is 291 g/mol. The summed E-state index contributed by atoms with van der Waals surface area (Å²) in [5.41, 5.74) is 1.34. The number of benzene rings is 1. The number of rotatable bonds is 5. The molecule has 0 radical (unpaired) electrons. The van der Waals surface area contributed by atoms with Crippen LogP contribution in [0.15, 0.2) is 18.2 Å². The van der Waals surface area contributed by atoms with Crippen molar-refractivity contribution in [1.82, 2.24) is 5.32 Å². The number of methoxy groups -OCH3 is 1. The zero-order chi connectivity index (χ0) is 14.5. The molecule has 4 nitrogen and oxygen atoms in total. The second-order valence-corrected chi connectivity index (χ2v) is 5.99. The Labute approximate surface area is 126 Å². The van der Waals surface area contributed by atoms with Gasteiger partial charge in [-0.1, -0.05) is 6.07 Å². The monoisotopic (exact) mass is 291 g/mol. The molecule has 2 saturated heterocycles. The van der Waals surface area contributed by atoms with Gasteiger partial charge in [0.2, 0.25) is 0 Å². The third-order valence-electron chi connectivity index (χ3n) is 4.39. The molecule has 1 aromatic carbocycles. The van der Waals surface area contributed by atoms with Crippen molar-refractivity contribution in [3.63, 3.8) is 0 Å². The van der Waals surface area contributed by atoms with Crippen molar-refractivity contribution in [2.24, 2.45) is 5.92 Å². The van der Waals surface area contributed by atoms with Crippen LogP contribution in [0.1, 0.15) is 24.8 Å². The van der Waals surface area contributed by atoms with Crippen LogP contribution in [0.25, 0.3) is 0 Å². The van der Waals surface area contributed by atoms with Crippen LogP contribution in [-0.2, 0) is 11.2 Å². The predicted octanol–water partition coefficient (Wildman–Crippen LogP) is 2.41. The molecule has 0 spiro atoms. The van der Waals surface area contributed by atoms with E-state index in [0.29, 0.717) is 6.61 Å². The van der Waals surface area contributed by atoms with Gasteiger partial charge in [0, 0.05) is 6.42 Å². The lowest BCUT2D eigenvalue weighted by Crippen LogP contribution is -2.28. The van der Waals surface area contributed by atoms with E-state index in [-0.39, 0.29) is 6.10 Å². The van der Waals surface area contributed by atoms with Crippen LogP contribution in [-0.4, -0.2) is 39.5 Å². The van der Waals surface area contributed by atoms with Crippen molar-refractivity contribution in [2.75, 3.05) is 33.4 Å². The highest BCUT2D eigenvalue weighted by atomic mass is 16.6. The highest BCUT2D eigenvalue weighted by Gasteiger charge is 2.20. The van der Waals surface area contributed by atoms with E-state index in [1.165, 1.54) is 18.4 Å². The molecule has 1 aromatic rings. The van der Waals surface area contributed by atoms with Gasteiger partial charge >= 0.3 is 0 Å². The van der Waals surface area contributed by atoms with Crippen molar-refractivity contribution in [3.8, 4) is 11.5 Å². The van der Waals surface area contributed by atoms with Gasteiger partial charge in [0.25, 0.3) is 0 Å². The van der Waals surface area contributed by atoms with Gasteiger partial charge in [0.05, 0.1) is 20.3 Å². The minimum Gasteiger partial charge on any atom is -0.493 e. The third-order valence-corrected chi connectivity index (χ3v) is 4.39. The van der Waals surface area contributed by atoms with Crippen LogP contribution < -0.4 is 14.8 Å². The van der Waals surface area contributed by atoms with Gasteiger partial charge in [-0.15, -0.1) is 0 Å². The number of piperidine rings is 1. The van der Waals surface area contributed by atoms with E-state index in [1.54, 1.807) is 7.11 Å². The molecule has 2 heterocycles. The second kappa shape index (κ2) is 7.14. The Morgan fingerprint density at radius 2 is 2.05 bits per heavy atom. The summed E-state index contributed by atoms with van der Waals surface area (Å²) in [6.07, 6.45) is 4.77. The van der Waals surface area contributed by atoms with E-state index in [9.17, 15) is 0 Å². The maximum absolute atomic E-state index is 6.06. The first-order valence-corrected chi connectivity index (χ1v) is 7.97. The van der Waals surface area contributed by atoms with Gasteiger partial charge < -0.3 is 19.5 Å². The molecule has 0 amide bonds. The Bertz CT molecular complexity index is 451. The molecule has 1 unspecified atom stereocenters. The molecule has 3 rings (SSSR count). The van der Waals surface area contributed by atoms with Gasteiger partial charge in [-0.2, -0.15) is 0 Å². The summed E-state index contributed by atoms with van der Waals surface area (Å²) in [4.78, 5) is 0. The lowest BCUT2D eigenvalue weighted by atomic mass is 9.91. The van der Waals surface area contributed by atoms with E-state index in [2.05, 4.69) is 17.4 Å². The Morgan fingerprint density at radius 3 is 2.76 bits per heavy atom. The molecule has 1 N–H and O–H groups in total. The Morgan fingerprint density at radius 1 is 1.19 bits per heavy atom. The fourth-order valence-electron chi connectivity index (χ4n) is 3.14. The molecule has 116 valence electrons. The average Bonchev–Trinajstić information content (AvgIpc) is 3.02. The van der Waals surface area contributed by atoms with Gasteiger partial charge in [0.15, 0.2) is 11.5 Å². The molecule has 0 saturated carbocycles. The summed E-state index contributed by atoms with van der Waals surface area (Å²) in [5.74, 6) is 2.46. The van der Waals surface area contributed by atoms with Crippen molar-refractivity contribution in [1.29, 1.82) is 0 Å². The highest BCUT2D eigenvalue weighted by molar-refractivity contribution is 5.43. The summed E-state index contributed by atoms with van der Waals surface area (Å²) < 4.78 is 16.9. The van der Waals surface area contributed by atoms with Crippen LogP contribution in [0.3, 0.4) is 0 Å². The molecule has 1 atom stereocenters. The normalized spacial score (nSPS) is 23.2. The number of hydrogen-bond acceptors (Lipinski definition) is 4. The first kappa shape index (κ1) is 14.7. The maximum Gasteiger partial charge on any atom is 0.161 e. The molecule has 21 heavy (non-hydrogen) atoms. The first-order valence-electron chi connectivity index (χ1n) is 7.97. The van der Waals surface area contributed by atoms with Crippen molar-refractivity contribution >= 4 is 0 Å². The first-order chi connectivity index (χ1) is 10.3. The third kappa shape index (κ3) is 3.89. The molecule has 2 aliphatic heterocycles. The van der Waals surface area contributed by atoms with E-state index < -0.39 is 0 Å². The van der Waals surface area contributed by atoms with E-state index in [0.717, 1.165) is 50.0 Å². The van der Waals surface area contributed by atoms with Crippen LogP contribution in [0.5, 0.6) is 11.5 Å². The molecule has 0 aliphatic carbocycles. The largest absolute Gasteiger partial charge is 0.493 e. The van der Waals surface area contributed by atoms with E-state index in [4.69, 9.17) is 14.2 Å².